The lowest BCUT2D eigenvalue weighted by atomic mass is 10.1. The Kier molecular flexibility index (Phi) is 4.27. The van der Waals surface area contributed by atoms with Gasteiger partial charge in [-0.3, -0.25) is 4.90 Å². The standard InChI is InChI=1S/C11H20N2/c1-4-6-11(5-2)13-8-7-10(9-13)12-3/h2,10-12H,4,6-9H2,1,3H3. The molecule has 0 radical (unpaired) electrons. The summed E-state index contributed by atoms with van der Waals surface area (Å²) in [5.74, 6) is 2.89. The van der Waals surface area contributed by atoms with Crippen molar-refractivity contribution in [3.8, 4) is 12.3 Å². The molecule has 1 aliphatic rings. The van der Waals surface area contributed by atoms with Crippen LogP contribution >= 0.6 is 0 Å². The maximum absolute atomic E-state index is 5.51. The quantitative estimate of drug-likeness (QED) is 0.651. The molecule has 1 heterocycles. The average Bonchev–Trinajstić information content (AvgIpc) is 2.62. The molecule has 1 saturated heterocycles. The first kappa shape index (κ1) is 10.6. The molecule has 0 aromatic heterocycles. The summed E-state index contributed by atoms with van der Waals surface area (Å²) in [5, 5.41) is 3.30. The minimum Gasteiger partial charge on any atom is -0.316 e. The van der Waals surface area contributed by atoms with E-state index in [1.165, 1.54) is 12.8 Å². The molecule has 2 unspecified atom stereocenters. The lowest BCUT2D eigenvalue weighted by molar-refractivity contribution is 0.272. The molecule has 1 fully saturated rings. The Balaban J connectivity index is 2.39. The fourth-order valence-electron chi connectivity index (χ4n) is 1.95. The van der Waals surface area contributed by atoms with Gasteiger partial charge in [0.2, 0.25) is 0 Å². The Labute approximate surface area is 81.7 Å². The van der Waals surface area contributed by atoms with Gasteiger partial charge in [-0.1, -0.05) is 19.3 Å². The number of likely N-dealkylation sites (tertiary alicyclic amines) is 1. The van der Waals surface area contributed by atoms with E-state index in [-0.39, 0.29) is 0 Å². The zero-order valence-corrected chi connectivity index (χ0v) is 8.71. The van der Waals surface area contributed by atoms with Crippen molar-refractivity contribution in [3.05, 3.63) is 0 Å². The highest BCUT2D eigenvalue weighted by atomic mass is 15.2. The van der Waals surface area contributed by atoms with Crippen molar-refractivity contribution in [3.63, 3.8) is 0 Å². The van der Waals surface area contributed by atoms with E-state index in [1.807, 2.05) is 7.05 Å². The summed E-state index contributed by atoms with van der Waals surface area (Å²) in [4.78, 5) is 2.42. The van der Waals surface area contributed by atoms with Crippen molar-refractivity contribution < 1.29 is 0 Å². The van der Waals surface area contributed by atoms with E-state index in [2.05, 4.69) is 23.1 Å². The molecule has 1 N–H and O–H groups in total. The molecule has 0 bridgehead atoms. The molecule has 0 aliphatic carbocycles. The van der Waals surface area contributed by atoms with Gasteiger partial charge in [0, 0.05) is 19.1 Å². The van der Waals surface area contributed by atoms with E-state index < -0.39 is 0 Å². The lowest BCUT2D eigenvalue weighted by Gasteiger charge is -2.22. The molecule has 0 aromatic rings. The molecule has 2 nitrogen and oxygen atoms in total. The normalized spacial score (nSPS) is 25.8. The Morgan fingerprint density at radius 3 is 2.92 bits per heavy atom. The third kappa shape index (κ3) is 2.72. The summed E-state index contributed by atoms with van der Waals surface area (Å²) in [5.41, 5.74) is 0. The van der Waals surface area contributed by atoms with Gasteiger partial charge in [0.1, 0.15) is 0 Å². The summed E-state index contributed by atoms with van der Waals surface area (Å²) in [6, 6.07) is 1.01. The molecule has 0 saturated carbocycles. The van der Waals surface area contributed by atoms with Crippen molar-refractivity contribution in [1.82, 2.24) is 10.2 Å². The molecule has 13 heavy (non-hydrogen) atoms. The van der Waals surface area contributed by atoms with E-state index in [4.69, 9.17) is 6.42 Å². The second-order valence-electron chi connectivity index (χ2n) is 3.74. The van der Waals surface area contributed by atoms with E-state index in [1.54, 1.807) is 0 Å². The summed E-state index contributed by atoms with van der Waals surface area (Å²) < 4.78 is 0. The monoisotopic (exact) mass is 180 g/mol. The first-order chi connectivity index (χ1) is 6.31. The summed E-state index contributed by atoms with van der Waals surface area (Å²) in [7, 11) is 2.03. The third-order valence-electron chi connectivity index (χ3n) is 2.82. The smallest absolute Gasteiger partial charge is 0.0712 e. The van der Waals surface area contributed by atoms with Gasteiger partial charge in [0.05, 0.1) is 6.04 Å². The highest BCUT2D eigenvalue weighted by Gasteiger charge is 2.25. The number of terminal acetylenes is 1. The van der Waals surface area contributed by atoms with Gasteiger partial charge in [-0.05, 0) is 19.9 Å². The fourth-order valence-corrected chi connectivity index (χ4v) is 1.95. The Hall–Kier alpha value is -0.520. The van der Waals surface area contributed by atoms with Gasteiger partial charge in [-0.15, -0.1) is 6.42 Å². The van der Waals surface area contributed by atoms with Crippen LogP contribution in [0.2, 0.25) is 0 Å². The molecule has 0 spiro atoms. The number of hydrogen-bond donors (Lipinski definition) is 1. The van der Waals surface area contributed by atoms with Gasteiger partial charge in [0.15, 0.2) is 0 Å². The maximum atomic E-state index is 5.51. The topological polar surface area (TPSA) is 15.3 Å². The molecule has 0 aromatic carbocycles. The molecule has 2 atom stereocenters. The molecule has 1 aliphatic heterocycles. The van der Waals surface area contributed by atoms with Crippen LogP contribution in [0.25, 0.3) is 0 Å². The van der Waals surface area contributed by atoms with Gasteiger partial charge in [-0.25, -0.2) is 0 Å². The number of rotatable bonds is 4. The van der Waals surface area contributed by atoms with E-state index in [0.717, 1.165) is 19.5 Å². The summed E-state index contributed by atoms with van der Waals surface area (Å²) >= 11 is 0. The second-order valence-corrected chi connectivity index (χ2v) is 3.74. The van der Waals surface area contributed by atoms with Crippen LogP contribution < -0.4 is 5.32 Å². The predicted molar refractivity (Wildman–Crippen MR) is 56.6 cm³/mol. The van der Waals surface area contributed by atoms with Gasteiger partial charge < -0.3 is 5.32 Å². The van der Waals surface area contributed by atoms with Crippen molar-refractivity contribution in [2.24, 2.45) is 0 Å². The second kappa shape index (κ2) is 5.26. The van der Waals surface area contributed by atoms with E-state index in [0.29, 0.717) is 12.1 Å². The van der Waals surface area contributed by atoms with Crippen LogP contribution in [0.1, 0.15) is 26.2 Å². The van der Waals surface area contributed by atoms with Crippen LogP contribution in [0.4, 0.5) is 0 Å². The molecule has 1 rings (SSSR count). The highest BCUT2D eigenvalue weighted by Crippen LogP contribution is 2.15. The number of hydrogen-bond acceptors (Lipinski definition) is 2. The summed E-state index contributed by atoms with van der Waals surface area (Å²) in [6.45, 7) is 4.46. The third-order valence-corrected chi connectivity index (χ3v) is 2.82. The van der Waals surface area contributed by atoms with Gasteiger partial charge in [-0.2, -0.15) is 0 Å². The SMILES string of the molecule is C#CC(CCC)N1CCC(NC)C1. The maximum Gasteiger partial charge on any atom is 0.0712 e. The number of nitrogens with one attached hydrogen (secondary N) is 1. The average molecular weight is 180 g/mol. The van der Waals surface area contributed by atoms with Crippen LogP contribution in [0.5, 0.6) is 0 Å². The first-order valence-corrected chi connectivity index (χ1v) is 5.19. The fraction of sp³-hybridized carbons (Fsp3) is 0.818. The minimum atomic E-state index is 0.364. The van der Waals surface area contributed by atoms with Crippen molar-refractivity contribution in [2.75, 3.05) is 20.1 Å². The number of likely N-dealkylation sites (N-methyl/N-ethyl adjacent to an activating group) is 1. The largest absolute Gasteiger partial charge is 0.316 e. The van der Waals surface area contributed by atoms with Crippen LogP contribution in [0, 0.1) is 12.3 Å². The van der Waals surface area contributed by atoms with Crippen LogP contribution in [-0.4, -0.2) is 37.1 Å². The first-order valence-electron chi connectivity index (χ1n) is 5.19. The predicted octanol–water partition coefficient (Wildman–Crippen LogP) is 1.08. The van der Waals surface area contributed by atoms with Crippen molar-refractivity contribution in [1.29, 1.82) is 0 Å². The molecule has 74 valence electrons. The Morgan fingerprint density at radius 2 is 2.46 bits per heavy atom. The Morgan fingerprint density at radius 1 is 1.69 bits per heavy atom. The van der Waals surface area contributed by atoms with Crippen molar-refractivity contribution >= 4 is 0 Å². The zero-order chi connectivity index (χ0) is 9.68. The minimum absolute atomic E-state index is 0.364. The van der Waals surface area contributed by atoms with Crippen LogP contribution in [0.15, 0.2) is 0 Å². The van der Waals surface area contributed by atoms with Gasteiger partial charge in [0.25, 0.3) is 0 Å². The highest BCUT2D eigenvalue weighted by molar-refractivity contribution is 5.02. The Bertz CT molecular complexity index is 183. The molecular weight excluding hydrogens is 160 g/mol. The lowest BCUT2D eigenvalue weighted by Crippen LogP contribution is -2.35. The van der Waals surface area contributed by atoms with Crippen LogP contribution in [0.3, 0.4) is 0 Å². The molecule has 2 heteroatoms. The van der Waals surface area contributed by atoms with Crippen molar-refractivity contribution in [2.45, 2.75) is 38.3 Å². The zero-order valence-electron chi connectivity index (χ0n) is 8.71. The van der Waals surface area contributed by atoms with Crippen LogP contribution in [-0.2, 0) is 0 Å². The van der Waals surface area contributed by atoms with E-state index in [9.17, 15) is 0 Å². The number of nitrogens with zero attached hydrogens (tertiary/aromatic N) is 1. The molecule has 0 amide bonds. The van der Waals surface area contributed by atoms with Gasteiger partial charge >= 0.3 is 0 Å². The molecular formula is C11H20N2. The summed E-state index contributed by atoms with van der Waals surface area (Å²) in [6.07, 6.45) is 9.06. The van der Waals surface area contributed by atoms with E-state index >= 15 is 0 Å².